The summed E-state index contributed by atoms with van der Waals surface area (Å²) in [5.41, 5.74) is 0.503. The monoisotopic (exact) mass is 256 g/mol. The van der Waals surface area contributed by atoms with Crippen LogP contribution in [-0.2, 0) is 4.74 Å². The van der Waals surface area contributed by atoms with Gasteiger partial charge in [-0.15, -0.1) is 0 Å². The average Bonchev–Trinajstić information content (AvgIpc) is 2.28. The molecule has 0 spiro atoms. The van der Waals surface area contributed by atoms with Gasteiger partial charge in [0.15, 0.2) is 0 Å². The van der Waals surface area contributed by atoms with E-state index in [0.717, 1.165) is 12.5 Å². The molecule has 0 aromatic heterocycles. The van der Waals surface area contributed by atoms with Gasteiger partial charge in [0.2, 0.25) is 0 Å². The van der Waals surface area contributed by atoms with Crippen molar-refractivity contribution < 1.29 is 4.74 Å². The molecule has 1 saturated carbocycles. The van der Waals surface area contributed by atoms with Crippen LogP contribution in [0.25, 0.3) is 0 Å². The Morgan fingerprint density at radius 2 is 2.11 bits per heavy atom. The van der Waals surface area contributed by atoms with E-state index in [9.17, 15) is 0 Å². The third kappa shape index (κ3) is 4.52. The molecular weight excluding hydrogens is 224 g/mol. The summed E-state index contributed by atoms with van der Waals surface area (Å²) in [5.74, 6) is 0.753. The van der Waals surface area contributed by atoms with Gasteiger partial charge in [0, 0.05) is 25.7 Å². The van der Waals surface area contributed by atoms with Crippen LogP contribution in [0.2, 0.25) is 0 Å². The zero-order valence-electron chi connectivity index (χ0n) is 13.1. The second-order valence-corrected chi connectivity index (χ2v) is 6.81. The molecule has 1 aliphatic carbocycles. The minimum absolute atomic E-state index is 0.498. The standard InChI is InChI=1S/C15H32N2O/c1-12(11-18-6)17(5)10-13-9-15(2,3)8-7-14(13)16-4/h12-14,16H,7-11H2,1-6H3. The molecule has 1 rings (SSSR count). The molecule has 0 amide bonds. The molecule has 1 aliphatic rings. The first kappa shape index (κ1) is 15.9. The third-order valence-electron chi connectivity index (χ3n) is 4.57. The first-order chi connectivity index (χ1) is 8.39. The summed E-state index contributed by atoms with van der Waals surface area (Å²) in [6, 6.07) is 1.17. The predicted octanol–water partition coefficient (Wildman–Crippen LogP) is 2.37. The van der Waals surface area contributed by atoms with Crippen molar-refractivity contribution in [3.8, 4) is 0 Å². The molecule has 0 aliphatic heterocycles. The van der Waals surface area contributed by atoms with Gasteiger partial charge in [-0.2, -0.15) is 0 Å². The number of nitrogens with one attached hydrogen (secondary N) is 1. The van der Waals surface area contributed by atoms with Gasteiger partial charge in [-0.25, -0.2) is 0 Å². The van der Waals surface area contributed by atoms with Crippen LogP contribution < -0.4 is 5.32 Å². The number of ether oxygens (including phenoxy) is 1. The Morgan fingerprint density at radius 1 is 1.44 bits per heavy atom. The van der Waals surface area contributed by atoms with Crippen LogP contribution >= 0.6 is 0 Å². The van der Waals surface area contributed by atoms with Crippen LogP contribution in [0.15, 0.2) is 0 Å². The van der Waals surface area contributed by atoms with Crippen molar-refractivity contribution in [1.82, 2.24) is 10.2 Å². The van der Waals surface area contributed by atoms with Crippen LogP contribution in [0.3, 0.4) is 0 Å². The molecular formula is C15H32N2O. The average molecular weight is 256 g/mol. The van der Waals surface area contributed by atoms with Crippen molar-refractivity contribution in [3.63, 3.8) is 0 Å². The normalized spacial score (nSPS) is 29.5. The second-order valence-electron chi connectivity index (χ2n) is 6.81. The van der Waals surface area contributed by atoms with Crippen molar-refractivity contribution in [1.29, 1.82) is 0 Å². The van der Waals surface area contributed by atoms with E-state index >= 15 is 0 Å². The lowest BCUT2D eigenvalue weighted by atomic mass is 9.69. The quantitative estimate of drug-likeness (QED) is 0.789. The predicted molar refractivity (Wildman–Crippen MR) is 77.9 cm³/mol. The maximum absolute atomic E-state index is 5.25. The first-order valence-electron chi connectivity index (χ1n) is 7.26. The zero-order chi connectivity index (χ0) is 13.8. The minimum Gasteiger partial charge on any atom is -0.383 e. The molecule has 3 unspecified atom stereocenters. The van der Waals surface area contributed by atoms with E-state index in [-0.39, 0.29) is 0 Å². The molecule has 1 N–H and O–H groups in total. The second kappa shape index (κ2) is 6.88. The number of methoxy groups -OCH3 is 1. The smallest absolute Gasteiger partial charge is 0.0615 e. The molecule has 0 saturated heterocycles. The van der Waals surface area contributed by atoms with E-state index < -0.39 is 0 Å². The van der Waals surface area contributed by atoms with Crippen LogP contribution in [-0.4, -0.2) is 51.3 Å². The fourth-order valence-electron chi connectivity index (χ4n) is 3.23. The van der Waals surface area contributed by atoms with Gasteiger partial charge in [-0.1, -0.05) is 13.8 Å². The Bertz CT molecular complexity index is 243. The summed E-state index contributed by atoms with van der Waals surface area (Å²) in [4.78, 5) is 2.44. The topological polar surface area (TPSA) is 24.5 Å². The summed E-state index contributed by atoms with van der Waals surface area (Å²) >= 11 is 0. The Labute approximate surface area is 113 Å². The molecule has 0 aromatic rings. The van der Waals surface area contributed by atoms with Crippen LogP contribution in [0.1, 0.15) is 40.0 Å². The maximum atomic E-state index is 5.25. The summed E-state index contributed by atoms with van der Waals surface area (Å²) in [6.45, 7) is 9.04. The van der Waals surface area contributed by atoms with E-state index in [1.807, 2.05) is 0 Å². The Hall–Kier alpha value is -0.120. The van der Waals surface area contributed by atoms with E-state index in [2.05, 4.69) is 45.1 Å². The van der Waals surface area contributed by atoms with E-state index in [0.29, 0.717) is 17.5 Å². The molecule has 108 valence electrons. The molecule has 0 aromatic carbocycles. The third-order valence-corrected chi connectivity index (χ3v) is 4.57. The fraction of sp³-hybridized carbons (Fsp3) is 1.00. The fourth-order valence-corrected chi connectivity index (χ4v) is 3.23. The van der Waals surface area contributed by atoms with E-state index in [1.165, 1.54) is 25.8 Å². The molecule has 0 heterocycles. The molecule has 18 heavy (non-hydrogen) atoms. The summed E-state index contributed by atoms with van der Waals surface area (Å²) in [6.07, 6.45) is 3.97. The van der Waals surface area contributed by atoms with Crippen molar-refractivity contribution in [2.24, 2.45) is 11.3 Å². The van der Waals surface area contributed by atoms with Crippen LogP contribution in [0.4, 0.5) is 0 Å². The highest BCUT2D eigenvalue weighted by Gasteiger charge is 2.34. The largest absolute Gasteiger partial charge is 0.383 e. The van der Waals surface area contributed by atoms with E-state index in [4.69, 9.17) is 4.74 Å². The van der Waals surface area contributed by atoms with Gasteiger partial charge in [-0.05, 0) is 51.6 Å². The van der Waals surface area contributed by atoms with Crippen molar-refractivity contribution in [3.05, 3.63) is 0 Å². The highest BCUT2D eigenvalue weighted by molar-refractivity contribution is 4.89. The van der Waals surface area contributed by atoms with Crippen LogP contribution in [0, 0.1) is 11.3 Å². The van der Waals surface area contributed by atoms with Gasteiger partial charge in [0.1, 0.15) is 0 Å². The van der Waals surface area contributed by atoms with E-state index in [1.54, 1.807) is 7.11 Å². The number of rotatable bonds is 6. The van der Waals surface area contributed by atoms with Crippen molar-refractivity contribution in [2.75, 3.05) is 34.4 Å². The lowest BCUT2D eigenvalue weighted by molar-refractivity contribution is 0.0705. The lowest BCUT2D eigenvalue weighted by Gasteiger charge is -2.43. The number of hydrogen-bond donors (Lipinski definition) is 1. The maximum Gasteiger partial charge on any atom is 0.0615 e. The summed E-state index contributed by atoms with van der Waals surface area (Å²) in [7, 11) is 6.11. The summed E-state index contributed by atoms with van der Waals surface area (Å²) < 4.78 is 5.25. The molecule has 0 radical (unpaired) electrons. The molecule has 3 nitrogen and oxygen atoms in total. The zero-order valence-corrected chi connectivity index (χ0v) is 13.1. The van der Waals surface area contributed by atoms with Crippen molar-refractivity contribution in [2.45, 2.75) is 52.1 Å². The lowest BCUT2D eigenvalue weighted by Crippen LogP contribution is -2.47. The number of likely N-dealkylation sites (N-methyl/N-ethyl adjacent to an activating group) is 1. The molecule has 1 fully saturated rings. The summed E-state index contributed by atoms with van der Waals surface area (Å²) in [5, 5.41) is 3.51. The highest BCUT2D eigenvalue weighted by atomic mass is 16.5. The van der Waals surface area contributed by atoms with Crippen LogP contribution in [0.5, 0.6) is 0 Å². The van der Waals surface area contributed by atoms with Gasteiger partial charge in [0.05, 0.1) is 6.61 Å². The molecule has 3 atom stereocenters. The Morgan fingerprint density at radius 3 is 2.67 bits per heavy atom. The van der Waals surface area contributed by atoms with Gasteiger partial charge < -0.3 is 15.0 Å². The van der Waals surface area contributed by atoms with Gasteiger partial charge in [-0.3, -0.25) is 0 Å². The van der Waals surface area contributed by atoms with Gasteiger partial charge in [0.25, 0.3) is 0 Å². The SMILES string of the molecule is CNC1CCC(C)(C)CC1CN(C)C(C)COC. The number of hydrogen-bond acceptors (Lipinski definition) is 3. The Balaban J connectivity index is 2.55. The molecule has 0 bridgehead atoms. The van der Waals surface area contributed by atoms with Crippen molar-refractivity contribution >= 4 is 0 Å². The number of nitrogens with zero attached hydrogens (tertiary/aromatic N) is 1. The highest BCUT2D eigenvalue weighted by Crippen LogP contribution is 2.39. The first-order valence-corrected chi connectivity index (χ1v) is 7.26. The minimum atomic E-state index is 0.498. The molecule has 3 heteroatoms. The van der Waals surface area contributed by atoms with Gasteiger partial charge >= 0.3 is 0 Å². The Kier molecular flexibility index (Phi) is 6.09.